The number of rotatable bonds is 2. The summed E-state index contributed by atoms with van der Waals surface area (Å²) in [5.74, 6) is 0.739. The normalized spacial score (nSPS) is 14.9. The lowest BCUT2D eigenvalue weighted by Crippen LogP contribution is -2.35. The fourth-order valence-corrected chi connectivity index (χ4v) is 4.83. The van der Waals surface area contributed by atoms with Crippen LogP contribution in [0.15, 0.2) is 58.3 Å². The van der Waals surface area contributed by atoms with Gasteiger partial charge in [-0.25, -0.2) is 8.42 Å². The second-order valence-electron chi connectivity index (χ2n) is 4.47. The summed E-state index contributed by atoms with van der Waals surface area (Å²) in [5.41, 5.74) is 7.04. The van der Waals surface area contributed by atoms with Crippen molar-refractivity contribution < 1.29 is 8.42 Å². The molecule has 1 aliphatic heterocycles. The van der Waals surface area contributed by atoms with E-state index in [1.165, 1.54) is 4.31 Å². The van der Waals surface area contributed by atoms with Crippen LogP contribution in [0.3, 0.4) is 0 Å². The number of anilines is 2. The maximum Gasteiger partial charge on any atom is 0.264 e. The molecule has 0 bridgehead atoms. The number of fused-ring (bicyclic) bond motifs is 1. The zero-order valence-electron chi connectivity index (χ0n) is 10.7. The van der Waals surface area contributed by atoms with Gasteiger partial charge >= 0.3 is 0 Å². The molecule has 0 unspecified atom stereocenters. The molecular formula is C14H14N2O2S2. The van der Waals surface area contributed by atoms with Crippen molar-refractivity contribution in [2.75, 3.05) is 22.3 Å². The van der Waals surface area contributed by atoms with Gasteiger partial charge in [0, 0.05) is 22.9 Å². The topological polar surface area (TPSA) is 63.4 Å². The predicted molar refractivity (Wildman–Crippen MR) is 82.6 cm³/mol. The first-order valence-electron chi connectivity index (χ1n) is 6.19. The van der Waals surface area contributed by atoms with Crippen LogP contribution in [0.5, 0.6) is 0 Å². The van der Waals surface area contributed by atoms with Crippen LogP contribution in [-0.4, -0.2) is 20.7 Å². The summed E-state index contributed by atoms with van der Waals surface area (Å²) in [6, 6.07) is 13.9. The Hall–Kier alpha value is -1.66. The average Bonchev–Trinajstić information content (AvgIpc) is 2.47. The fraction of sp³-hybridized carbons (Fsp3) is 0.143. The minimum Gasteiger partial charge on any atom is -0.399 e. The molecule has 2 N–H and O–H groups in total. The van der Waals surface area contributed by atoms with E-state index < -0.39 is 10.0 Å². The Morgan fingerprint density at radius 3 is 2.60 bits per heavy atom. The molecule has 0 aromatic heterocycles. The quantitative estimate of drug-likeness (QED) is 0.866. The van der Waals surface area contributed by atoms with Gasteiger partial charge in [-0.1, -0.05) is 18.2 Å². The van der Waals surface area contributed by atoms with E-state index in [1.54, 1.807) is 54.2 Å². The summed E-state index contributed by atoms with van der Waals surface area (Å²) in [5, 5.41) is 0. The molecule has 6 heteroatoms. The number of sulfonamides is 1. The molecular weight excluding hydrogens is 292 g/mol. The van der Waals surface area contributed by atoms with Gasteiger partial charge in [-0.2, -0.15) is 0 Å². The summed E-state index contributed by atoms with van der Waals surface area (Å²) < 4.78 is 26.9. The molecule has 0 aliphatic carbocycles. The van der Waals surface area contributed by atoms with Gasteiger partial charge in [0.2, 0.25) is 0 Å². The Kier molecular flexibility index (Phi) is 3.35. The Labute approximate surface area is 122 Å². The van der Waals surface area contributed by atoms with Crippen molar-refractivity contribution in [1.82, 2.24) is 0 Å². The number of hydrogen-bond acceptors (Lipinski definition) is 4. The van der Waals surface area contributed by atoms with E-state index in [-0.39, 0.29) is 0 Å². The molecule has 0 amide bonds. The molecule has 2 aromatic rings. The number of nitrogens with zero attached hydrogens (tertiary/aromatic N) is 1. The first-order chi connectivity index (χ1) is 9.59. The molecule has 0 atom stereocenters. The lowest BCUT2D eigenvalue weighted by atomic mass is 10.3. The van der Waals surface area contributed by atoms with E-state index >= 15 is 0 Å². The summed E-state index contributed by atoms with van der Waals surface area (Å²) in [6.45, 7) is 0.457. The minimum absolute atomic E-state index is 0.306. The SMILES string of the molecule is Nc1ccc2c(c1)N(S(=O)(=O)c1ccccc1)CCS2. The molecule has 0 saturated carbocycles. The van der Waals surface area contributed by atoms with Gasteiger partial charge in [-0.05, 0) is 30.3 Å². The van der Waals surface area contributed by atoms with Crippen molar-refractivity contribution in [2.24, 2.45) is 0 Å². The van der Waals surface area contributed by atoms with Crippen LogP contribution in [0.25, 0.3) is 0 Å². The third-order valence-corrected chi connectivity index (χ3v) is 6.01. The van der Waals surface area contributed by atoms with Crippen molar-refractivity contribution in [3.63, 3.8) is 0 Å². The first-order valence-corrected chi connectivity index (χ1v) is 8.62. The van der Waals surface area contributed by atoms with E-state index in [0.717, 1.165) is 10.6 Å². The number of hydrogen-bond donors (Lipinski definition) is 1. The van der Waals surface area contributed by atoms with Gasteiger partial charge < -0.3 is 5.73 Å². The predicted octanol–water partition coefficient (Wildman–Crippen LogP) is 2.57. The monoisotopic (exact) mass is 306 g/mol. The van der Waals surface area contributed by atoms with Crippen LogP contribution in [-0.2, 0) is 10.0 Å². The molecule has 2 aromatic carbocycles. The van der Waals surface area contributed by atoms with Crippen molar-refractivity contribution in [3.05, 3.63) is 48.5 Å². The maximum absolute atomic E-state index is 12.7. The molecule has 4 nitrogen and oxygen atoms in total. The second-order valence-corrected chi connectivity index (χ2v) is 7.46. The lowest BCUT2D eigenvalue weighted by Gasteiger charge is -2.30. The van der Waals surface area contributed by atoms with Crippen molar-refractivity contribution in [1.29, 1.82) is 0 Å². The van der Waals surface area contributed by atoms with Gasteiger partial charge in [0.1, 0.15) is 0 Å². The minimum atomic E-state index is -3.53. The molecule has 0 radical (unpaired) electrons. The zero-order valence-corrected chi connectivity index (χ0v) is 12.3. The molecule has 1 aliphatic rings. The Bertz CT molecular complexity index is 730. The Balaban J connectivity index is 2.11. The number of nitrogens with two attached hydrogens (primary N) is 1. The highest BCUT2D eigenvalue weighted by molar-refractivity contribution is 8.00. The third-order valence-electron chi connectivity index (χ3n) is 3.13. The highest BCUT2D eigenvalue weighted by atomic mass is 32.2. The summed E-state index contributed by atoms with van der Waals surface area (Å²) in [7, 11) is -3.53. The second kappa shape index (κ2) is 5.03. The van der Waals surface area contributed by atoms with Crippen molar-refractivity contribution in [2.45, 2.75) is 9.79 Å². The number of nitrogen functional groups attached to an aromatic ring is 1. The van der Waals surface area contributed by atoms with Gasteiger partial charge in [-0.15, -0.1) is 11.8 Å². The smallest absolute Gasteiger partial charge is 0.264 e. The van der Waals surface area contributed by atoms with Crippen LogP contribution in [0.4, 0.5) is 11.4 Å². The molecule has 0 saturated heterocycles. The fourth-order valence-electron chi connectivity index (χ4n) is 2.18. The van der Waals surface area contributed by atoms with Crippen LogP contribution in [0, 0.1) is 0 Å². The van der Waals surface area contributed by atoms with Gasteiger partial charge in [-0.3, -0.25) is 4.31 Å². The standard InChI is InChI=1S/C14H14N2O2S2/c15-11-6-7-14-13(10-11)16(8-9-19-14)20(17,18)12-4-2-1-3-5-12/h1-7,10H,8-9,15H2. The highest BCUT2D eigenvalue weighted by Gasteiger charge is 2.29. The largest absolute Gasteiger partial charge is 0.399 e. The summed E-state index contributed by atoms with van der Waals surface area (Å²) in [6.07, 6.45) is 0. The Morgan fingerprint density at radius 1 is 1.10 bits per heavy atom. The molecule has 0 spiro atoms. The molecule has 1 heterocycles. The van der Waals surface area contributed by atoms with E-state index in [9.17, 15) is 8.42 Å². The third kappa shape index (κ3) is 2.25. The number of benzene rings is 2. The average molecular weight is 306 g/mol. The molecule has 20 heavy (non-hydrogen) atoms. The molecule has 104 valence electrons. The number of thioether (sulfide) groups is 1. The molecule has 0 fully saturated rings. The Morgan fingerprint density at radius 2 is 1.85 bits per heavy atom. The zero-order chi connectivity index (χ0) is 14.2. The van der Waals surface area contributed by atoms with Crippen molar-refractivity contribution >= 4 is 33.2 Å². The van der Waals surface area contributed by atoms with Gasteiger partial charge in [0.15, 0.2) is 0 Å². The maximum atomic E-state index is 12.7. The highest BCUT2D eigenvalue weighted by Crippen LogP contribution is 2.38. The summed E-state index contributed by atoms with van der Waals surface area (Å²) in [4.78, 5) is 1.25. The lowest BCUT2D eigenvalue weighted by molar-refractivity contribution is 0.591. The molecule has 3 rings (SSSR count). The summed E-state index contributed by atoms with van der Waals surface area (Å²) >= 11 is 1.65. The van der Waals surface area contributed by atoms with Crippen LogP contribution >= 0.6 is 11.8 Å². The van der Waals surface area contributed by atoms with Crippen LogP contribution in [0.1, 0.15) is 0 Å². The van der Waals surface area contributed by atoms with Gasteiger partial charge in [0.05, 0.1) is 10.6 Å². The van der Waals surface area contributed by atoms with E-state index in [0.29, 0.717) is 22.8 Å². The first kappa shape index (κ1) is 13.3. The van der Waals surface area contributed by atoms with E-state index in [2.05, 4.69) is 0 Å². The van der Waals surface area contributed by atoms with Gasteiger partial charge in [0.25, 0.3) is 10.0 Å². The van der Waals surface area contributed by atoms with Crippen molar-refractivity contribution in [3.8, 4) is 0 Å². The van der Waals surface area contributed by atoms with Crippen LogP contribution in [0.2, 0.25) is 0 Å². The van der Waals surface area contributed by atoms with Crippen LogP contribution < -0.4 is 10.0 Å². The van der Waals surface area contributed by atoms with E-state index in [1.807, 2.05) is 6.07 Å². The van der Waals surface area contributed by atoms with E-state index in [4.69, 9.17) is 5.73 Å².